The Hall–Kier alpha value is -5.81. The first-order chi connectivity index (χ1) is 25.2. The fourth-order valence-corrected chi connectivity index (χ4v) is 5.74. The molecule has 0 fully saturated rings. The van der Waals surface area contributed by atoms with Gasteiger partial charge in [-0.2, -0.15) is 8.42 Å². The van der Waals surface area contributed by atoms with Crippen LogP contribution in [0.5, 0.6) is 0 Å². The number of amides is 1. The van der Waals surface area contributed by atoms with Crippen molar-refractivity contribution in [2.24, 2.45) is 0 Å². The molecule has 4 aromatic carbocycles. The van der Waals surface area contributed by atoms with E-state index < -0.39 is 22.5 Å². The van der Waals surface area contributed by atoms with Crippen LogP contribution in [0.3, 0.4) is 0 Å². The average molecular weight is 732 g/mol. The summed E-state index contributed by atoms with van der Waals surface area (Å²) in [6.45, 7) is 21.9. The molecule has 0 spiro atoms. The molecule has 11 nitrogen and oxygen atoms in total. The molecule has 2 heterocycles. The molecular weight excluding hydrogens is 687 g/mol. The SMILES string of the molecule is Cc1ccc(Nc2cccc(C(=O)N(c3ccccc3)c3ccccc3)c2)cc1NC(C)(C)C(C)(C)c1nnc2cc(C(C)(C)C)[nH]n12.O=S=O.[C-]#[O+]. The van der Waals surface area contributed by atoms with Gasteiger partial charge in [-0.25, -0.2) is 4.52 Å². The predicted octanol–water partition coefficient (Wildman–Crippen LogP) is 8.85. The van der Waals surface area contributed by atoms with Gasteiger partial charge >= 0.3 is 22.9 Å². The Kier molecular flexibility index (Phi) is 12.6. The van der Waals surface area contributed by atoms with Crippen LogP contribution in [0.4, 0.5) is 28.4 Å². The molecule has 0 aliphatic rings. The Bertz CT molecular complexity index is 2170. The van der Waals surface area contributed by atoms with Crippen molar-refractivity contribution < 1.29 is 17.9 Å². The molecule has 0 radical (unpaired) electrons. The van der Waals surface area contributed by atoms with Crippen LogP contribution in [-0.2, 0) is 27.1 Å². The van der Waals surface area contributed by atoms with Crippen LogP contribution in [0.25, 0.3) is 5.65 Å². The third-order valence-electron chi connectivity index (χ3n) is 9.44. The number of anilines is 5. The summed E-state index contributed by atoms with van der Waals surface area (Å²) in [5, 5.41) is 20.0. The van der Waals surface area contributed by atoms with Crippen molar-refractivity contribution in [3.63, 3.8) is 0 Å². The second-order valence-corrected chi connectivity index (χ2v) is 14.8. The predicted molar refractivity (Wildman–Crippen MR) is 210 cm³/mol. The molecule has 0 bridgehead atoms. The van der Waals surface area contributed by atoms with Gasteiger partial charge in [-0.05, 0) is 80.9 Å². The molecule has 0 atom stereocenters. The van der Waals surface area contributed by atoms with Crippen LogP contribution in [0, 0.1) is 13.6 Å². The van der Waals surface area contributed by atoms with Gasteiger partial charge in [-0.3, -0.25) is 14.8 Å². The van der Waals surface area contributed by atoms with Crippen molar-refractivity contribution in [1.82, 2.24) is 19.8 Å². The number of aromatic nitrogens is 4. The van der Waals surface area contributed by atoms with Gasteiger partial charge in [0, 0.05) is 62.1 Å². The summed E-state index contributed by atoms with van der Waals surface area (Å²) in [7, 11) is 0. The Morgan fingerprint density at radius 3 is 1.91 bits per heavy atom. The van der Waals surface area contributed by atoms with Gasteiger partial charge in [0.05, 0.1) is 0 Å². The fraction of sp³-hybridized carbons (Fsp3) is 0.268. The fourth-order valence-electron chi connectivity index (χ4n) is 5.74. The molecule has 0 unspecified atom stereocenters. The number of carbonyl (C=O) groups excluding carboxylic acids is 1. The summed E-state index contributed by atoms with van der Waals surface area (Å²) in [6, 6.07) is 35.5. The molecule has 2 aromatic heterocycles. The summed E-state index contributed by atoms with van der Waals surface area (Å²) in [4.78, 5) is 15.8. The molecule has 3 N–H and O–H groups in total. The monoisotopic (exact) mass is 731 g/mol. The maximum atomic E-state index is 14.0. The minimum atomic E-state index is -0.750. The molecule has 53 heavy (non-hydrogen) atoms. The van der Waals surface area contributed by atoms with Gasteiger partial charge in [0.2, 0.25) is 0 Å². The Morgan fingerprint density at radius 2 is 1.34 bits per heavy atom. The second kappa shape index (κ2) is 16.7. The van der Waals surface area contributed by atoms with Crippen molar-refractivity contribution >= 4 is 51.6 Å². The van der Waals surface area contributed by atoms with E-state index >= 15 is 0 Å². The third-order valence-corrected chi connectivity index (χ3v) is 9.44. The van der Waals surface area contributed by atoms with Crippen molar-refractivity contribution in [3.8, 4) is 0 Å². The summed E-state index contributed by atoms with van der Waals surface area (Å²) in [6.07, 6.45) is 0. The molecule has 12 heteroatoms. The number of benzene rings is 4. The normalized spacial score (nSPS) is 11.4. The van der Waals surface area contributed by atoms with E-state index in [0.717, 1.165) is 51.2 Å². The zero-order valence-corrected chi connectivity index (χ0v) is 32.0. The van der Waals surface area contributed by atoms with Crippen LogP contribution in [-0.4, -0.2) is 39.7 Å². The third kappa shape index (κ3) is 8.99. The number of rotatable bonds is 9. The van der Waals surface area contributed by atoms with E-state index in [4.69, 9.17) is 13.1 Å². The van der Waals surface area contributed by atoms with E-state index in [1.54, 1.807) is 4.90 Å². The molecule has 0 aliphatic heterocycles. The number of hydrogen-bond donors (Lipinski definition) is 3. The molecule has 6 aromatic rings. The summed E-state index contributed by atoms with van der Waals surface area (Å²) in [5.41, 5.74) is 7.13. The van der Waals surface area contributed by atoms with Gasteiger partial charge in [0.1, 0.15) is 0 Å². The minimum absolute atomic E-state index is 0.0313. The van der Waals surface area contributed by atoms with Crippen molar-refractivity contribution in [2.75, 3.05) is 15.5 Å². The number of carbonyl (C=O) groups is 1. The van der Waals surface area contributed by atoms with Gasteiger partial charge in [-0.1, -0.05) is 83.1 Å². The summed E-state index contributed by atoms with van der Waals surface area (Å²) in [5.74, 6) is 0.754. The number of nitrogens with one attached hydrogen (secondary N) is 3. The number of H-pyrrole nitrogens is 1. The molecule has 0 aliphatic carbocycles. The zero-order chi connectivity index (χ0) is 39.0. The summed E-state index contributed by atoms with van der Waals surface area (Å²) < 4.78 is 26.1. The number of para-hydroxylation sites is 2. The topological polar surface area (TPSA) is 144 Å². The van der Waals surface area contributed by atoms with E-state index in [-0.39, 0.29) is 11.3 Å². The maximum absolute atomic E-state index is 14.0. The van der Waals surface area contributed by atoms with E-state index in [0.29, 0.717) is 5.56 Å². The van der Waals surface area contributed by atoms with Gasteiger partial charge in [-0.15, -0.1) is 10.2 Å². The zero-order valence-electron chi connectivity index (χ0n) is 31.2. The standard InChI is InChI=1S/C40H45N7O.CO.O2S/c1-27-22-23-30(25-33(27)42-40(7,8)39(5,6)37-44-43-35-26-34(38(2,3)4)45-47(35)37)41-29-17-15-16-28(24-29)36(48)46(31-18-11-9-12-19-31)32-20-13-10-14-21-32;1-2;1-3-2/h9-26,41-42,45H,1-8H3;;. The molecule has 274 valence electrons. The van der Waals surface area contributed by atoms with Crippen LogP contribution < -0.4 is 15.5 Å². The quantitative estimate of drug-likeness (QED) is 0.0996. The van der Waals surface area contributed by atoms with E-state index in [2.05, 4.69) is 112 Å². The Morgan fingerprint density at radius 1 is 0.774 bits per heavy atom. The van der Waals surface area contributed by atoms with E-state index in [1.165, 1.54) is 0 Å². The van der Waals surface area contributed by atoms with Crippen LogP contribution in [0.15, 0.2) is 109 Å². The van der Waals surface area contributed by atoms with Gasteiger partial charge < -0.3 is 10.6 Å². The van der Waals surface area contributed by atoms with Gasteiger partial charge in [0.25, 0.3) is 5.91 Å². The molecule has 0 saturated heterocycles. The van der Waals surface area contributed by atoms with Gasteiger partial charge in [0.15, 0.2) is 11.5 Å². The van der Waals surface area contributed by atoms with Crippen molar-refractivity contribution in [3.05, 3.63) is 138 Å². The Balaban J connectivity index is 0.00000119. The number of nitrogens with zero attached hydrogens (tertiary/aromatic N) is 4. The first-order valence-corrected chi connectivity index (χ1v) is 17.6. The molecule has 0 saturated carbocycles. The van der Waals surface area contributed by atoms with Crippen LogP contribution >= 0.6 is 0 Å². The first kappa shape index (κ1) is 40.0. The van der Waals surface area contributed by atoms with Crippen molar-refractivity contribution in [2.45, 2.75) is 71.8 Å². The van der Waals surface area contributed by atoms with Crippen LogP contribution in [0.1, 0.15) is 75.9 Å². The summed E-state index contributed by atoms with van der Waals surface area (Å²) >= 11 is -0.750. The van der Waals surface area contributed by atoms with Crippen LogP contribution in [0.2, 0.25) is 0 Å². The first-order valence-electron chi connectivity index (χ1n) is 16.9. The van der Waals surface area contributed by atoms with E-state index in [1.807, 2.05) is 89.4 Å². The number of fused-ring (bicyclic) bond motifs is 1. The second-order valence-electron chi connectivity index (χ2n) is 14.6. The molecular formula is C41H45N7O4S. The number of aryl methyl sites for hydroxylation is 1. The van der Waals surface area contributed by atoms with E-state index in [9.17, 15) is 4.79 Å². The Labute approximate surface area is 314 Å². The van der Waals surface area contributed by atoms with Crippen molar-refractivity contribution in [1.29, 1.82) is 0 Å². The average Bonchev–Trinajstić information content (AvgIpc) is 3.74. The molecule has 1 amide bonds. The molecule has 6 rings (SSSR count). The number of aromatic amines is 1. The number of hydrogen-bond acceptors (Lipinski definition) is 7.